The molecule has 0 atom stereocenters. The van der Waals surface area contributed by atoms with Gasteiger partial charge in [0.2, 0.25) is 6.71 Å². The summed E-state index contributed by atoms with van der Waals surface area (Å²) in [7, 11) is 0. The molecular weight excluding hydrogens is 920 g/mol. The molecule has 1 aromatic heterocycles. The van der Waals surface area contributed by atoms with Gasteiger partial charge in [-0.15, -0.1) is 0 Å². The van der Waals surface area contributed by atoms with Crippen LogP contribution in [0.4, 0.5) is 34.1 Å². The minimum atomic E-state index is 0.0214. The van der Waals surface area contributed by atoms with E-state index in [1.165, 1.54) is 101 Å². The third kappa shape index (κ3) is 7.58. The van der Waals surface area contributed by atoms with Gasteiger partial charge in [-0.2, -0.15) is 0 Å². The summed E-state index contributed by atoms with van der Waals surface area (Å²) in [6.07, 6.45) is 4.67. The van der Waals surface area contributed by atoms with Crippen molar-refractivity contribution in [3.05, 3.63) is 185 Å². The first-order chi connectivity index (χ1) is 35.9. The fourth-order valence-electron chi connectivity index (χ4n) is 13.9. The Bertz CT molecular complexity index is 3790. The number of hydrogen-bond donors (Lipinski definition) is 0. The maximum absolute atomic E-state index is 6.42. The molecule has 4 heteroatoms. The van der Waals surface area contributed by atoms with Crippen molar-refractivity contribution in [3.8, 4) is 22.3 Å². The molecule has 2 aliphatic carbocycles. The van der Waals surface area contributed by atoms with Crippen molar-refractivity contribution in [2.24, 2.45) is 0 Å². The lowest BCUT2D eigenvalue weighted by Crippen LogP contribution is -2.55. The topological polar surface area (TPSA) is 19.6 Å². The molecule has 0 radical (unpaired) electrons. The molecule has 2 aliphatic heterocycles. The number of para-hydroxylation sites is 1. The Morgan fingerprint density at radius 3 is 1.61 bits per heavy atom. The average Bonchev–Trinajstić information content (AvgIpc) is 4.13. The van der Waals surface area contributed by atoms with Crippen molar-refractivity contribution >= 4 is 79.2 Å². The highest BCUT2D eigenvalue weighted by Crippen LogP contribution is 2.53. The standard InChI is InChI=1S/C72H75BN2O/c1-67(2,3)46-20-24-48(25-21-46)74(49-26-22-47(23-27-49)68(4,5)6)51-28-30-52-55-38-45(44-19-32-65-54(37-44)53-17-15-16-18-64(53)76-65)39-63-66(55)73(60(52)41-51)61-42-58-59(72(13,14)36-35-71(58,11)12)43-62(61)75(63)50-29-31-56-57(40-50)70(9,10)34-33-69(56,7)8/h15-32,37-43H,33-36H2,1-14H3. The monoisotopic (exact) mass is 995 g/mol. The van der Waals surface area contributed by atoms with Crippen molar-refractivity contribution in [3.63, 3.8) is 0 Å². The van der Waals surface area contributed by atoms with E-state index in [-0.39, 0.29) is 39.2 Å². The van der Waals surface area contributed by atoms with E-state index in [1.54, 1.807) is 0 Å². The van der Waals surface area contributed by atoms with Crippen LogP contribution in [0.25, 0.3) is 44.2 Å². The smallest absolute Gasteiger partial charge is 0.248 e. The Hall–Kier alpha value is -6.78. The van der Waals surface area contributed by atoms with Gasteiger partial charge < -0.3 is 14.2 Å². The molecule has 3 nitrogen and oxygen atoms in total. The van der Waals surface area contributed by atoms with Crippen molar-refractivity contribution < 1.29 is 4.42 Å². The molecule has 8 aromatic carbocycles. The average molecular weight is 995 g/mol. The molecule has 382 valence electrons. The summed E-state index contributed by atoms with van der Waals surface area (Å²) in [5.41, 5.74) is 27.3. The van der Waals surface area contributed by atoms with Gasteiger partial charge in [0.1, 0.15) is 11.2 Å². The van der Waals surface area contributed by atoms with Crippen molar-refractivity contribution in [2.75, 3.05) is 9.80 Å². The number of anilines is 6. The summed E-state index contributed by atoms with van der Waals surface area (Å²) in [6.45, 7) is 33.6. The summed E-state index contributed by atoms with van der Waals surface area (Å²) >= 11 is 0. The van der Waals surface area contributed by atoms with Crippen LogP contribution >= 0.6 is 0 Å². The second-order valence-electron chi connectivity index (χ2n) is 28.0. The largest absolute Gasteiger partial charge is 0.456 e. The Balaban J connectivity index is 1.09. The van der Waals surface area contributed by atoms with E-state index in [0.29, 0.717) is 0 Å². The fraction of sp³-hybridized carbons (Fsp3) is 0.333. The number of nitrogens with zero attached hydrogens (tertiary/aromatic N) is 2. The quantitative estimate of drug-likeness (QED) is 0.160. The van der Waals surface area contributed by atoms with E-state index in [2.05, 4.69) is 258 Å². The summed E-state index contributed by atoms with van der Waals surface area (Å²) in [5.74, 6) is 0. The molecule has 4 aliphatic rings. The zero-order chi connectivity index (χ0) is 53.2. The molecule has 0 saturated heterocycles. The van der Waals surface area contributed by atoms with E-state index >= 15 is 0 Å². The maximum atomic E-state index is 6.42. The van der Waals surface area contributed by atoms with Crippen molar-refractivity contribution in [1.29, 1.82) is 0 Å². The van der Waals surface area contributed by atoms with Gasteiger partial charge >= 0.3 is 0 Å². The molecule has 9 aromatic rings. The molecular formula is C72H75BN2O. The van der Waals surface area contributed by atoms with Crippen LogP contribution < -0.4 is 26.2 Å². The van der Waals surface area contributed by atoms with Crippen LogP contribution in [0.3, 0.4) is 0 Å². The van der Waals surface area contributed by atoms with Gasteiger partial charge in [0, 0.05) is 44.9 Å². The van der Waals surface area contributed by atoms with E-state index in [9.17, 15) is 0 Å². The van der Waals surface area contributed by atoms with Crippen LogP contribution in [-0.4, -0.2) is 6.71 Å². The van der Waals surface area contributed by atoms with Crippen molar-refractivity contribution in [1.82, 2.24) is 0 Å². The van der Waals surface area contributed by atoms with Crippen LogP contribution in [0, 0.1) is 0 Å². The Labute approximate surface area is 453 Å². The zero-order valence-corrected chi connectivity index (χ0v) is 47.6. The lowest BCUT2D eigenvalue weighted by Gasteiger charge is -2.45. The van der Waals surface area contributed by atoms with Crippen LogP contribution in [0.15, 0.2) is 156 Å². The minimum absolute atomic E-state index is 0.0214. The van der Waals surface area contributed by atoms with Crippen LogP contribution in [0.5, 0.6) is 0 Å². The van der Waals surface area contributed by atoms with E-state index in [0.717, 1.165) is 52.6 Å². The molecule has 0 bridgehead atoms. The number of rotatable bonds is 5. The second-order valence-corrected chi connectivity index (χ2v) is 28.0. The Morgan fingerprint density at radius 2 is 0.987 bits per heavy atom. The van der Waals surface area contributed by atoms with Crippen LogP contribution in [0.1, 0.15) is 156 Å². The van der Waals surface area contributed by atoms with Gasteiger partial charge in [0.25, 0.3) is 0 Å². The van der Waals surface area contributed by atoms with Gasteiger partial charge in [0.05, 0.1) is 0 Å². The first-order valence-electron chi connectivity index (χ1n) is 28.3. The van der Waals surface area contributed by atoms with Gasteiger partial charge in [-0.05, 0) is 210 Å². The van der Waals surface area contributed by atoms with Gasteiger partial charge in [-0.3, -0.25) is 0 Å². The highest BCUT2D eigenvalue weighted by atomic mass is 16.3. The third-order valence-corrected chi connectivity index (χ3v) is 18.9. The minimum Gasteiger partial charge on any atom is -0.456 e. The maximum Gasteiger partial charge on any atom is 0.248 e. The number of fused-ring (bicyclic) bond motifs is 10. The predicted molar refractivity (Wildman–Crippen MR) is 327 cm³/mol. The highest BCUT2D eigenvalue weighted by Gasteiger charge is 2.47. The second kappa shape index (κ2) is 16.4. The number of benzene rings is 8. The molecule has 0 saturated carbocycles. The van der Waals surface area contributed by atoms with Gasteiger partial charge in [-0.1, -0.05) is 169 Å². The molecule has 76 heavy (non-hydrogen) atoms. The van der Waals surface area contributed by atoms with E-state index < -0.39 is 0 Å². The fourth-order valence-corrected chi connectivity index (χ4v) is 13.9. The molecule has 3 heterocycles. The van der Waals surface area contributed by atoms with Crippen molar-refractivity contribution in [2.45, 2.75) is 155 Å². The summed E-state index contributed by atoms with van der Waals surface area (Å²) in [5, 5.41) is 2.30. The predicted octanol–water partition coefficient (Wildman–Crippen LogP) is 18.3. The lowest BCUT2D eigenvalue weighted by atomic mass is 9.36. The zero-order valence-electron chi connectivity index (χ0n) is 47.6. The summed E-state index contributed by atoms with van der Waals surface area (Å²) in [6, 6.07) is 59.2. The van der Waals surface area contributed by atoms with Crippen LogP contribution in [0.2, 0.25) is 0 Å². The first-order valence-corrected chi connectivity index (χ1v) is 28.3. The number of hydrogen-bond acceptors (Lipinski definition) is 3. The normalized spacial score (nSPS) is 17.5. The third-order valence-electron chi connectivity index (χ3n) is 18.9. The van der Waals surface area contributed by atoms with Gasteiger partial charge in [-0.25, -0.2) is 0 Å². The number of furan rings is 1. The molecule has 0 unspecified atom stereocenters. The summed E-state index contributed by atoms with van der Waals surface area (Å²) < 4.78 is 6.42. The van der Waals surface area contributed by atoms with Crippen LogP contribution in [-0.2, 0) is 32.5 Å². The molecule has 0 N–H and O–H groups in total. The molecule has 0 amide bonds. The molecule has 0 fully saturated rings. The highest BCUT2D eigenvalue weighted by molar-refractivity contribution is 7.01. The van der Waals surface area contributed by atoms with Gasteiger partial charge in [0.15, 0.2) is 0 Å². The first kappa shape index (κ1) is 48.8. The summed E-state index contributed by atoms with van der Waals surface area (Å²) in [4.78, 5) is 5.19. The Morgan fingerprint density at radius 1 is 0.434 bits per heavy atom. The van der Waals surface area contributed by atoms with E-state index in [4.69, 9.17) is 4.42 Å². The molecule has 0 spiro atoms. The SMILES string of the molecule is CC(C)(C)c1ccc(N(c2ccc(C(C)(C)C)cc2)c2ccc3c(c2)B2c4cc5c(cc4N(c4ccc6c(c4)C(C)(C)CCC6(C)C)c4cc(-c6ccc7oc8ccccc8c7c6)cc-3c42)C(C)(C)CCC5(C)C)cc1. The lowest BCUT2D eigenvalue weighted by molar-refractivity contribution is 0.332. The van der Waals surface area contributed by atoms with E-state index in [1.807, 2.05) is 0 Å². The molecule has 13 rings (SSSR count). The Kier molecular flexibility index (Phi) is 10.5.